The number of nitro groups is 1. The van der Waals surface area contributed by atoms with Crippen LogP contribution in [0.25, 0.3) is 21.5 Å². The summed E-state index contributed by atoms with van der Waals surface area (Å²) in [6.45, 7) is -0.567. The van der Waals surface area contributed by atoms with Gasteiger partial charge in [-0.15, -0.1) is 0 Å². The second-order valence-corrected chi connectivity index (χ2v) is 6.59. The number of ether oxygens (including phenoxy) is 1. The molecule has 0 radical (unpaired) electrons. The van der Waals surface area contributed by atoms with E-state index < -0.39 is 23.4 Å². The molecule has 1 N–H and O–H groups in total. The van der Waals surface area contributed by atoms with Gasteiger partial charge in [-0.3, -0.25) is 14.9 Å². The number of nitro benzene ring substituents is 1. The molecule has 0 bridgehead atoms. The first-order chi connectivity index (χ1) is 14.5. The zero-order valence-corrected chi connectivity index (χ0v) is 15.7. The number of esters is 1. The quantitative estimate of drug-likeness (QED) is 0.227. The molecule has 0 aliphatic carbocycles. The molecular formula is C23H16N2O5. The Kier molecular flexibility index (Phi) is 5.09. The van der Waals surface area contributed by atoms with Gasteiger partial charge in [0.15, 0.2) is 6.61 Å². The van der Waals surface area contributed by atoms with Gasteiger partial charge < -0.3 is 10.1 Å². The van der Waals surface area contributed by atoms with Gasteiger partial charge in [-0.25, -0.2) is 4.79 Å². The maximum absolute atomic E-state index is 12.9. The molecule has 148 valence electrons. The van der Waals surface area contributed by atoms with Crippen molar-refractivity contribution >= 4 is 44.8 Å². The second kappa shape index (κ2) is 8.00. The van der Waals surface area contributed by atoms with Crippen molar-refractivity contribution in [3.8, 4) is 0 Å². The fourth-order valence-corrected chi connectivity index (χ4v) is 3.36. The van der Waals surface area contributed by atoms with E-state index >= 15 is 0 Å². The highest BCUT2D eigenvalue weighted by molar-refractivity contribution is 6.16. The molecule has 30 heavy (non-hydrogen) atoms. The Hall–Kier alpha value is -4.26. The molecule has 1 amide bonds. The normalized spacial score (nSPS) is 10.7. The van der Waals surface area contributed by atoms with Gasteiger partial charge in [0.25, 0.3) is 11.6 Å². The van der Waals surface area contributed by atoms with Gasteiger partial charge >= 0.3 is 5.97 Å². The maximum atomic E-state index is 12.9. The van der Waals surface area contributed by atoms with E-state index in [4.69, 9.17) is 4.74 Å². The van der Waals surface area contributed by atoms with Gasteiger partial charge in [-0.1, -0.05) is 60.7 Å². The van der Waals surface area contributed by atoms with Crippen LogP contribution in [0.5, 0.6) is 0 Å². The van der Waals surface area contributed by atoms with E-state index in [1.165, 1.54) is 18.2 Å². The summed E-state index contributed by atoms with van der Waals surface area (Å²) in [5.74, 6) is -1.30. The van der Waals surface area contributed by atoms with E-state index in [0.29, 0.717) is 5.56 Å². The monoisotopic (exact) mass is 400 g/mol. The van der Waals surface area contributed by atoms with Crippen molar-refractivity contribution in [1.82, 2.24) is 0 Å². The standard InChI is InChI=1S/C23H16N2O5/c26-21(24-19-11-5-6-12-20(19)25(28)29)14-30-23(27)22-17-9-3-1-7-15(17)13-16-8-2-4-10-18(16)22/h1-13H,14H2,(H,24,26). The van der Waals surface area contributed by atoms with Crippen LogP contribution in [-0.4, -0.2) is 23.4 Å². The minimum absolute atomic E-state index is 0.0409. The molecule has 4 aromatic rings. The van der Waals surface area contributed by atoms with Crippen LogP contribution in [0.1, 0.15) is 10.4 Å². The van der Waals surface area contributed by atoms with Crippen molar-refractivity contribution in [1.29, 1.82) is 0 Å². The van der Waals surface area contributed by atoms with Crippen LogP contribution in [-0.2, 0) is 9.53 Å². The number of benzene rings is 4. The molecular weight excluding hydrogens is 384 g/mol. The van der Waals surface area contributed by atoms with Gasteiger partial charge in [-0.2, -0.15) is 0 Å². The third kappa shape index (κ3) is 3.68. The van der Waals surface area contributed by atoms with E-state index in [0.717, 1.165) is 21.5 Å². The topological polar surface area (TPSA) is 98.5 Å². The van der Waals surface area contributed by atoms with Gasteiger partial charge in [0.2, 0.25) is 0 Å². The number of hydrogen-bond donors (Lipinski definition) is 1. The van der Waals surface area contributed by atoms with Crippen molar-refractivity contribution in [2.75, 3.05) is 11.9 Å². The van der Waals surface area contributed by atoms with Crippen molar-refractivity contribution in [2.45, 2.75) is 0 Å². The molecule has 0 aliphatic rings. The number of carbonyl (C=O) groups is 2. The van der Waals surface area contributed by atoms with Crippen molar-refractivity contribution in [3.05, 3.63) is 94.5 Å². The summed E-state index contributed by atoms with van der Waals surface area (Å²) in [6, 6.07) is 22.6. The Morgan fingerprint density at radius 2 is 1.43 bits per heavy atom. The fourth-order valence-electron chi connectivity index (χ4n) is 3.36. The zero-order chi connectivity index (χ0) is 21.1. The molecule has 7 nitrogen and oxygen atoms in total. The molecule has 0 heterocycles. The number of nitrogens with one attached hydrogen (secondary N) is 1. The van der Waals surface area contributed by atoms with E-state index in [1.54, 1.807) is 6.07 Å². The Morgan fingerprint density at radius 1 is 0.867 bits per heavy atom. The highest BCUT2D eigenvalue weighted by Gasteiger charge is 2.19. The number of carbonyl (C=O) groups excluding carboxylic acids is 2. The average molecular weight is 400 g/mol. The van der Waals surface area contributed by atoms with E-state index in [-0.39, 0.29) is 11.4 Å². The van der Waals surface area contributed by atoms with Gasteiger partial charge in [0, 0.05) is 6.07 Å². The molecule has 0 saturated carbocycles. The number of para-hydroxylation sites is 2. The summed E-state index contributed by atoms with van der Waals surface area (Å²) in [4.78, 5) is 35.6. The largest absolute Gasteiger partial charge is 0.452 e. The summed E-state index contributed by atoms with van der Waals surface area (Å²) in [5.41, 5.74) is 0.179. The van der Waals surface area contributed by atoms with Crippen LogP contribution in [0.15, 0.2) is 78.9 Å². The number of nitrogens with zero attached hydrogens (tertiary/aromatic N) is 1. The number of anilines is 1. The van der Waals surface area contributed by atoms with E-state index in [1.807, 2.05) is 54.6 Å². The molecule has 0 saturated heterocycles. The summed E-state index contributed by atoms with van der Waals surface area (Å²) < 4.78 is 5.26. The molecule has 0 aliphatic heterocycles. The summed E-state index contributed by atoms with van der Waals surface area (Å²) in [6.07, 6.45) is 0. The van der Waals surface area contributed by atoms with Gasteiger partial charge in [0.05, 0.1) is 10.5 Å². The fraction of sp³-hybridized carbons (Fsp3) is 0.0435. The minimum Gasteiger partial charge on any atom is -0.452 e. The van der Waals surface area contributed by atoms with Crippen molar-refractivity contribution in [2.24, 2.45) is 0 Å². The number of rotatable bonds is 5. The van der Waals surface area contributed by atoms with Crippen LogP contribution in [0.4, 0.5) is 11.4 Å². The molecule has 4 rings (SSSR count). The van der Waals surface area contributed by atoms with Crippen LogP contribution in [0, 0.1) is 10.1 Å². The third-order valence-corrected chi connectivity index (χ3v) is 4.68. The average Bonchev–Trinajstić information content (AvgIpc) is 2.76. The third-order valence-electron chi connectivity index (χ3n) is 4.68. The van der Waals surface area contributed by atoms with Crippen molar-refractivity contribution in [3.63, 3.8) is 0 Å². The minimum atomic E-state index is -0.665. The van der Waals surface area contributed by atoms with Crippen LogP contribution >= 0.6 is 0 Å². The van der Waals surface area contributed by atoms with Gasteiger partial charge in [0.1, 0.15) is 5.69 Å². The first kappa shape index (κ1) is 19.1. The van der Waals surface area contributed by atoms with Gasteiger partial charge in [-0.05, 0) is 33.7 Å². The Morgan fingerprint density at radius 3 is 2.07 bits per heavy atom. The van der Waals surface area contributed by atoms with Crippen LogP contribution in [0.2, 0.25) is 0 Å². The highest BCUT2D eigenvalue weighted by atomic mass is 16.6. The van der Waals surface area contributed by atoms with E-state index in [9.17, 15) is 19.7 Å². The molecule has 0 spiro atoms. The Labute approximate surface area is 171 Å². The highest BCUT2D eigenvalue weighted by Crippen LogP contribution is 2.29. The Balaban J connectivity index is 1.58. The number of hydrogen-bond acceptors (Lipinski definition) is 5. The molecule has 0 aromatic heterocycles. The van der Waals surface area contributed by atoms with Crippen LogP contribution in [0.3, 0.4) is 0 Å². The lowest BCUT2D eigenvalue weighted by molar-refractivity contribution is -0.383. The molecule has 0 atom stereocenters. The predicted octanol–water partition coefficient (Wildman–Crippen LogP) is 4.70. The second-order valence-electron chi connectivity index (χ2n) is 6.59. The first-order valence-corrected chi connectivity index (χ1v) is 9.15. The molecule has 0 fully saturated rings. The summed E-state index contributed by atoms with van der Waals surface area (Å²) >= 11 is 0. The van der Waals surface area contributed by atoms with E-state index in [2.05, 4.69) is 5.32 Å². The smallest absolute Gasteiger partial charge is 0.339 e. The van der Waals surface area contributed by atoms with Crippen molar-refractivity contribution < 1.29 is 19.2 Å². The number of amides is 1. The lowest BCUT2D eigenvalue weighted by Gasteiger charge is -2.11. The number of fused-ring (bicyclic) bond motifs is 2. The van der Waals surface area contributed by atoms with Crippen LogP contribution < -0.4 is 5.32 Å². The summed E-state index contributed by atoms with van der Waals surface area (Å²) in [5, 5.41) is 16.7. The summed E-state index contributed by atoms with van der Waals surface area (Å²) in [7, 11) is 0. The Bertz CT molecular complexity index is 1250. The zero-order valence-electron chi connectivity index (χ0n) is 15.7. The SMILES string of the molecule is O=C(COC(=O)c1c2ccccc2cc2ccccc12)Nc1ccccc1[N+](=O)[O-]. The lowest BCUT2D eigenvalue weighted by Crippen LogP contribution is -2.21. The maximum Gasteiger partial charge on any atom is 0.339 e. The molecule has 7 heteroatoms. The molecule has 0 unspecified atom stereocenters. The first-order valence-electron chi connectivity index (χ1n) is 9.15. The molecule has 4 aromatic carbocycles. The predicted molar refractivity (Wildman–Crippen MR) is 113 cm³/mol. The lowest BCUT2D eigenvalue weighted by atomic mass is 9.97.